The predicted octanol–water partition coefficient (Wildman–Crippen LogP) is 1.51. The zero-order chi connectivity index (χ0) is 14.3. The molecule has 0 aromatic rings. The molecule has 0 aliphatic heterocycles. The minimum Gasteiger partial charge on any atom is -0.467 e. The summed E-state index contributed by atoms with van der Waals surface area (Å²) >= 11 is 0. The van der Waals surface area contributed by atoms with Crippen molar-refractivity contribution in [1.82, 2.24) is 5.32 Å². The Morgan fingerprint density at radius 3 is 2.17 bits per heavy atom. The largest absolute Gasteiger partial charge is 0.467 e. The summed E-state index contributed by atoms with van der Waals surface area (Å²) in [7, 11) is 1.31. The van der Waals surface area contributed by atoms with Crippen molar-refractivity contribution in [1.29, 1.82) is 0 Å². The molecule has 106 valence electrons. The topological polar surface area (TPSA) is 64.6 Å². The van der Waals surface area contributed by atoms with Gasteiger partial charge in [-0.05, 0) is 33.1 Å². The van der Waals surface area contributed by atoms with E-state index in [1.807, 2.05) is 34.6 Å². The van der Waals surface area contributed by atoms with Gasteiger partial charge in [0.15, 0.2) is 0 Å². The van der Waals surface area contributed by atoms with Gasteiger partial charge in [-0.15, -0.1) is 0 Å². The van der Waals surface area contributed by atoms with Crippen LogP contribution < -0.4 is 5.32 Å². The van der Waals surface area contributed by atoms with E-state index in [4.69, 9.17) is 4.74 Å². The minimum atomic E-state index is -0.605. The number of amides is 1. The molecule has 0 aromatic heterocycles. The second-order valence-electron chi connectivity index (χ2n) is 5.67. The molecule has 0 aromatic carbocycles. The minimum absolute atomic E-state index is 0.0604. The van der Waals surface area contributed by atoms with E-state index in [-0.39, 0.29) is 24.0 Å². The molecule has 0 aliphatic carbocycles. The number of ether oxygens (including phenoxy) is 2. The van der Waals surface area contributed by atoms with Gasteiger partial charge in [0.25, 0.3) is 0 Å². The average Bonchev–Trinajstić information content (AvgIpc) is 2.22. The molecule has 0 aliphatic rings. The molecule has 0 saturated carbocycles. The predicted molar refractivity (Wildman–Crippen MR) is 69.1 cm³/mol. The Bertz CT molecular complexity index is 281. The van der Waals surface area contributed by atoms with E-state index in [0.717, 1.165) is 0 Å². The molecular formula is C13H25NO4. The molecule has 1 amide bonds. The molecule has 1 unspecified atom stereocenters. The smallest absolute Gasteiger partial charge is 0.328 e. The number of hydrogen-bond donors (Lipinski definition) is 1. The van der Waals surface area contributed by atoms with E-state index >= 15 is 0 Å². The van der Waals surface area contributed by atoms with Crippen LogP contribution in [0.2, 0.25) is 0 Å². The van der Waals surface area contributed by atoms with Gasteiger partial charge < -0.3 is 14.8 Å². The fourth-order valence-electron chi connectivity index (χ4n) is 1.35. The van der Waals surface area contributed by atoms with E-state index in [2.05, 4.69) is 10.1 Å². The van der Waals surface area contributed by atoms with Crippen molar-refractivity contribution in [3.63, 3.8) is 0 Å². The van der Waals surface area contributed by atoms with Crippen molar-refractivity contribution in [3.8, 4) is 0 Å². The van der Waals surface area contributed by atoms with E-state index in [1.165, 1.54) is 7.11 Å². The summed E-state index contributed by atoms with van der Waals surface area (Å²) in [4.78, 5) is 23.2. The fourth-order valence-corrected chi connectivity index (χ4v) is 1.35. The van der Waals surface area contributed by atoms with Crippen LogP contribution in [0, 0.1) is 5.92 Å². The summed E-state index contributed by atoms with van der Waals surface area (Å²) < 4.78 is 10.0. The standard InChI is InChI=1S/C13H25NO4/c1-9(2)7-10(12(16)17-6)14-11(15)8-18-13(3,4)5/h9-10H,7-8H2,1-6H3,(H,14,15). The summed E-state index contributed by atoms with van der Waals surface area (Å²) in [6, 6.07) is -0.605. The molecular weight excluding hydrogens is 234 g/mol. The van der Waals surface area contributed by atoms with E-state index in [1.54, 1.807) is 0 Å². The molecule has 0 heterocycles. The number of nitrogens with one attached hydrogen (secondary N) is 1. The van der Waals surface area contributed by atoms with Crippen molar-refractivity contribution in [2.45, 2.75) is 52.7 Å². The lowest BCUT2D eigenvalue weighted by atomic mass is 10.0. The molecule has 5 heteroatoms. The van der Waals surface area contributed by atoms with Gasteiger partial charge in [0.05, 0.1) is 12.7 Å². The highest BCUT2D eigenvalue weighted by Crippen LogP contribution is 2.08. The highest BCUT2D eigenvalue weighted by Gasteiger charge is 2.23. The molecule has 0 radical (unpaired) electrons. The van der Waals surface area contributed by atoms with Crippen molar-refractivity contribution in [3.05, 3.63) is 0 Å². The average molecular weight is 259 g/mol. The van der Waals surface area contributed by atoms with Gasteiger partial charge in [0.2, 0.25) is 5.91 Å². The van der Waals surface area contributed by atoms with Gasteiger partial charge in [-0.25, -0.2) is 4.79 Å². The Morgan fingerprint density at radius 1 is 1.22 bits per heavy atom. The number of methoxy groups -OCH3 is 1. The van der Waals surface area contributed by atoms with Crippen molar-refractivity contribution in [2.24, 2.45) is 5.92 Å². The van der Waals surface area contributed by atoms with Crippen LogP contribution in [-0.2, 0) is 19.1 Å². The molecule has 1 atom stereocenters. The van der Waals surface area contributed by atoms with Crippen molar-refractivity contribution < 1.29 is 19.1 Å². The number of carbonyl (C=O) groups excluding carboxylic acids is 2. The molecule has 18 heavy (non-hydrogen) atoms. The Balaban J connectivity index is 4.31. The van der Waals surface area contributed by atoms with Gasteiger partial charge in [-0.1, -0.05) is 13.8 Å². The molecule has 1 N–H and O–H groups in total. The maximum Gasteiger partial charge on any atom is 0.328 e. The maximum absolute atomic E-state index is 11.7. The maximum atomic E-state index is 11.7. The van der Waals surface area contributed by atoms with Crippen LogP contribution in [0.4, 0.5) is 0 Å². The van der Waals surface area contributed by atoms with Gasteiger partial charge >= 0.3 is 5.97 Å². The summed E-state index contributed by atoms with van der Waals surface area (Å²) in [5.41, 5.74) is -0.379. The summed E-state index contributed by atoms with van der Waals surface area (Å²) in [5.74, 6) is -0.438. The first kappa shape index (κ1) is 16.9. The molecule has 0 spiro atoms. The second-order valence-corrected chi connectivity index (χ2v) is 5.67. The zero-order valence-electron chi connectivity index (χ0n) is 12.2. The highest BCUT2D eigenvalue weighted by atomic mass is 16.5. The lowest BCUT2D eigenvalue weighted by molar-refractivity contribution is -0.146. The number of carbonyl (C=O) groups is 2. The fraction of sp³-hybridized carbons (Fsp3) is 0.846. The molecule has 0 fully saturated rings. The summed E-state index contributed by atoms with van der Waals surface area (Å²) in [5, 5.41) is 2.63. The zero-order valence-corrected chi connectivity index (χ0v) is 12.2. The Labute approximate surface area is 109 Å². The lowest BCUT2D eigenvalue weighted by Gasteiger charge is -2.21. The van der Waals surface area contributed by atoms with Crippen LogP contribution in [0.1, 0.15) is 41.0 Å². The van der Waals surface area contributed by atoms with Gasteiger partial charge in [0, 0.05) is 0 Å². The molecule has 5 nitrogen and oxygen atoms in total. The third-order valence-electron chi connectivity index (χ3n) is 2.16. The second kappa shape index (κ2) is 7.36. The lowest BCUT2D eigenvalue weighted by Crippen LogP contribution is -2.44. The Hall–Kier alpha value is -1.10. The van der Waals surface area contributed by atoms with Crippen LogP contribution in [-0.4, -0.2) is 37.2 Å². The van der Waals surface area contributed by atoms with Crippen LogP contribution in [0.3, 0.4) is 0 Å². The number of hydrogen-bond acceptors (Lipinski definition) is 4. The van der Waals surface area contributed by atoms with Crippen LogP contribution in [0.25, 0.3) is 0 Å². The SMILES string of the molecule is COC(=O)C(CC(C)C)NC(=O)COC(C)(C)C. The molecule has 0 bridgehead atoms. The van der Waals surface area contributed by atoms with Gasteiger partial charge in [0.1, 0.15) is 12.6 Å². The third-order valence-corrected chi connectivity index (χ3v) is 2.16. The quantitative estimate of drug-likeness (QED) is 0.734. The van der Waals surface area contributed by atoms with E-state index in [0.29, 0.717) is 6.42 Å². The normalized spacial score (nSPS) is 13.3. The summed E-state index contributed by atoms with van der Waals surface area (Å²) in [6.45, 7) is 9.50. The number of esters is 1. The summed E-state index contributed by atoms with van der Waals surface area (Å²) in [6.07, 6.45) is 0.550. The third kappa shape index (κ3) is 8.06. The molecule has 0 rings (SSSR count). The number of rotatable bonds is 6. The van der Waals surface area contributed by atoms with E-state index in [9.17, 15) is 9.59 Å². The van der Waals surface area contributed by atoms with Crippen LogP contribution >= 0.6 is 0 Å². The first-order chi connectivity index (χ1) is 8.15. The van der Waals surface area contributed by atoms with Gasteiger partial charge in [-0.3, -0.25) is 4.79 Å². The monoisotopic (exact) mass is 259 g/mol. The van der Waals surface area contributed by atoms with Crippen molar-refractivity contribution >= 4 is 11.9 Å². The van der Waals surface area contributed by atoms with Crippen molar-refractivity contribution in [2.75, 3.05) is 13.7 Å². The molecule has 0 saturated heterocycles. The van der Waals surface area contributed by atoms with Gasteiger partial charge in [-0.2, -0.15) is 0 Å². The van der Waals surface area contributed by atoms with E-state index < -0.39 is 12.0 Å². The highest BCUT2D eigenvalue weighted by molar-refractivity contribution is 5.85. The first-order valence-electron chi connectivity index (χ1n) is 6.17. The first-order valence-corrected chi connectivity index (χ1v) is 6.17. The Kier molecular flexibility index (Phi) is 6.91. The van der Waals surface area contributed by atoms with Crippen LogP contribution in [0.15, 0.2) is 0 Å². The van der Waals surface area contributed by atoms with Crippen LogP contribution in [0.5, 0.6) is 0 Å². The Morgan fingerprint density at radius 2 is 1.78 bits per heavy atom.